The molecule has 0 aliphatic carbocycles. The molecule has 0 radical (unpaired) electrons. The first-order valence-corrected chi connectivity index (χ1v) is 16.8. The van der Waals surface area contributed by atoms with Crippen molar-refractivity contribution >= 4 is 20.1 Å². The molecular weight excluding hydrogens is 528 g/mol. The fraction of sp³-hybridized carbons (Fsp3) is 0.548. The van der Waals surface area contributed by atoms with Crippen LogP contribution in [0.4, 0.5) is 0 Å². The van der Waals surface area contributed by atoms with Gasteiger partial charge in [0.1, 0.15) is 24.1 Å². The summed E-state index contributed by atoms with van der Waals surface area (Å²) in [5.74, 6) is -0.741. The Hall–Kier alpha value is -2.40. The van der Waals surface area contributed by atoms with E-state index in [-0.39, 0.29) is 43.5 Å². The van der Waals surface area contributed by atoms with E-state index in [0.717, 1.165) is 11.1 Å². The minimum absolute atomic E-state index is 0.0291. The Morgan fingerprint density at radius 3 is 1.88 bits per heavy atom. The van der Waals surface area contributed by atoms with Crippen molar-refractivity contribution in [3.63, 3.8) is 0 Å². The largest absolute Gasteiger partial charge is 0.454 e. The van der Waals surface area contributed by atoms with E-state index >= 15 is 0 Å². The molecule has 1 N–H and O–H groups in total. The SMILES string of the molecule is CC(=O)CCC(=O)O[C@H]1[C@@H](OCc2ccccc2)[C@H](OCc2ccccc2)[C@@H](CO[Si](C)(C)C(C)(C)C)O[C@@H]1O. The molecule has 0 amide bonds. The molecule has 0 aromatic heterocycles. The molecule has 9 heteroatoms. The lowest BCUT2D eigenvalue weighted by Crippen LogP contribution is -2.62. The summed E-state index contributed by atoms with van der Waals surface area (Å²) in [6.07, 6.45) is -4.93. The minimum atomic E-state index is -2.16. The zero-order valence-electron chi connectivity index (χ0n) is 24.5. The summed E-state index contributed by atoms with van der Waals surface area (Å²) >= 11 is 0. The van der Waals surface area contributed by atoms with Crippen LogP contribution in [0.3, 0.4) is 0 Å². The lowest BCUT2D eigenvalue weighted by atomic mass is 9.98. The number of hydrogen-bond acceptors (Lipinski definition) is 8. The highest BCUT2D eigenvalue weighted by atomic mass is 28.4. The van der Waals surface area contributed by atoms with Gasteiger partial charge in [-0.3, -0.25) is 4.79 Å². The zero-order valence-corrected chi connectivity index (χ0v) is 25.5. The van der Waals surface area contributed by atoms with E-state index in [0.29, 0.717) is 0 Å². The number of hydrogen-bond donors (Lipinski definition) is 1. The van der Waals surface area contributed by atoms with Gasteiger partial charge in [-0.15, -0.1) is 0 Å². The predicted octanol–water partition coefficient (Wildman–Crippen LogP) is 5.18. The number of ether oxygens (including phenoxy) is 4. The molecule has 2 aromatic carbocycles. The van der Waals surface area contributed by atoms with Gasteiger partial charge >= 0.3 is 5.97 Å². The Labute approximate surface area is 239 Å². The summed E-state index contributed by atoms with van der Waals surface area (Å²) in [6.45, 7) is 12.8. The van der Waals surface area contributed by atoms with Gasteiger partial charge in [0.15, 0.2) is 20.7 Å². The zero-order chi connectivity index (χ0) is 29.3. The van der Waals surface area contributed by atoms with Crippen LogP contribution in [-0.4, -0.2) is 62.5 Å². The van der Waals surface area contributed by atoms with E-state index < -0.39 is 45.0 Å². The number of aliphatic hydroxyl groups excluding tert-OH is 1. The summed E-state index contributed by atoms with van der Waals surface area (Å²) in [4.78, 5) is 24.1. The molecule has 1 aliphatic rings. The molecule has 0 unspecified atom stereocenters. The average Bonchev–Trinajstić information content (AvgIpc) is 2.91. The third kappa shape index (κ3) is 9.32. The van der Waals surface area contributed by atoms with Crippen molar-refractivity contribution in [2.24, 2.45) is 0 Å². The number of ketones is 1. The van der Waals surface area contributed by atoms with Gasteiger partial charge in [0.2, 0.25) is 0 Å². The second-order valence-electron chi connectivity index (χ2n) is 11.8. The Balaban J connectivity index is 1.89. The lowest BCUT2D eigenvalue weighted by Gasteiger charge is -2.45. The second-order valence-corrected chi connectivity index (χ2v) is 16.6. The van der Waals surface area contributed by atoms with Crippen molar-refractivity contribution in [1.82, 2.24) is 0 Å². The van der Waals surface area contributed by atoms with Crippen molar-refractivity contribution in [3.05, 3.63) is 71.8 Å². The quantitative estimate of drug-likeness (QED) is 0.259. The fourth-order valence-electron chi connectivity index (χ4n) is 4.08. The summed E-state index contributed by atoms with van der Waals surface area (Å²) in [7, 11) is -2.16. The molecule has 1 heterocycles. The van der Waals surface area contributed by atoms with E-state index in [1.165, 1.54) is 6.92 Å². The smallest absolute Gasteiger partial charge is 0.306 e. The summed E-state index contributed by atoms with van der Waals surface area (Å²) < 4.78 is 31.0. The monoisotopic (exact) mass is 572 g/mol. The molecule has 0 saturated carbocycles. The van der Waals surface area contributed by atoms with E-state index in [9.17, 15) is 14.7 Å². The highest BCUT2D eigenvalue weighted by Gasteiger charge is 2.50. The van der Waals surface area contributed by atoms with Gasteiger partial charge in [0, 0.05) is 6.42 Å². The van der Waals surface area contributed by atoms with Crippen molar-refractivity contribution in [2.45, 2.75) is 103 Å². The van der Waals surface area contributed by atoms with Crippen LogP contribution in [0.2, 0.25) is 18.1 Å². The fourth-order valence-corrected chi connectivity index (χ4v) is 5.09. The summed E-state index contributed by atoms with van der Waals surface area (Å²) in [5, 5.41) is 11.1. The summed E-state index contributed by atoms with van der Waals surface area (Å²) in [6, 6.07) is 19.3. The molecule has 40 heavy (non-hydrogen) atoms. The number of carbonyl (C=O) groups is 2. The number of benzene rings is 2. The molecule has 2 aromatic rings. The Bertz CT molecular complexity index is 1070. The minimum Gasteiger partial charge on any atom is -0.454 e. The van der Waals surface area contributed by atoms with Crippen LogP contribution in [0, 0.1) is 0 Å². The van der Waals surface area contributed by atoms with Crippen molar-refractivity contribution in [2.75, 3.05) is 6.61 Å². The molecule has 8 nitrogen and oxygen atoms in total. The maximum absolute atomic E-state index is 12.7. The first-order chi connectivity index (χ1) is 18.9. The van der Waals surface area contributed by atoms with Gasteiger partial charge in [-0.05, 0) is 36.2 Å². The van der Waals surface area contributed by atoms with Crippen LogP contribution < -0.4 is 0 Å². The molecule has 1 aliphatic heterocycles. The Morgan fingerprint density at radius 1 is 0.850 bits per heavy atom. The molecular formula is C31H44O8Si. The lowest BCUT2D eigenvalue weighted by molar-refractivity contribution is -0.307. The van der Waals surface area contributed by atoms with Gasteiger partial charge in [-0.2, -0.15) is 0 Å². The van der Waals surface area contributed by atoms with E-state index in [2.05, 4.69) is 33.9 Å². The average molecular weight is 573 g/mol. The highest BCUT2D eigenvalue weighted by Crippen LogP contribution is 2.38. The number of Topliss-reactive ketones (excluding diaryl/α,β-unsaturated/α-hetero) is 1. The van der Waals surface area contributed by atoms with Crippen molar-refractivity contribution in [1.29, 1.82) is 0 Å². The normalized spacial score (nSPS) is 23.5. The molecule has 0 spiro atoms. The number of rotatable bonds is 13. The predicted molar refractivity (Wildman–Crippen MR) is 154 cm³/mol. The van der Waals surface area contributed by atoms with Crippen LogP contribution in [0.15, 0.2) is 60.7 Å². The van der Waals surface area contributed by atoms with Crippen LogP contribution in [0.25, 0.3) is 0 Å². The van der Waals surface area contributed by atoms with Gasteiger partial charge in [0.25, 0.3) is 0 Å². The van der Waals surface area contributed by atoms with Crippen molar-refractivity contribution in [3.8, 4) is 0 Å². The highest BCUT2D eigenvalue weighted by molar-refractivity contribution is 6.74. The third-order valence-electron chi connectivity index (χ3n) is 7.54. The molecule has 1 saturated heterocycles. The standard InChI is InChI=1S/C31H44O8Si/c1-22(32)17-18-26(33)39-29-28(36-20-24-15-11-8-12-16-24)27(35-19-23-13-9-7-10-14-23)25(38-30(29)34)21-37-40(5,6)31(2,3)4/h7-16,25,27-30,34H,17-21H2,1-6H3/t25-,27-,28+,29+,30+/m1/s1. The van der Waals surface area contributed by atoms with Crippen molar-refractivity contribution < 1.29 is 38.1 Å². The molecule has 1 fully saturated rings. The molecule has 220 valence electrons. The Morgan fingerprint density at radius 2 is 1.38 bits per heavy atom. The maximum atomic E-state index is 12.7. The molecule has 0 bridgehead atoms. The number of esters is 1. The van der Waals surface area contributed by atoms with Gasteiger partial charge in [0.05, 0.1) is 26.2 Å². The first-order valence-electron chi connectivity index (χ1n) is 13.8. The van der Waals surface area contributed by atoms with Crippen LogP contribution in [0.1, 0.15) is 51.7 Å². The number of carbonyl (C=O) groups excluding carboxylic acids is 2. The van der Waals surface area contributed by atoms with Gasteiger partial charge < -0.3 is 33.3 Å². The third-order valence-corrected chi connectivity index (χ3v) is 12.0. The van der Waals surface area contributed by atoms with E-state index in [1.54, 1.807) is 0 Å². The first kappa shape index (κ1) is 32.1. The van der Waals surface area contributed by atoms with Crippen LogP contribution >= 0.6 is 0 Å². The van der Waals surface area contributed by atoms with Gasteiger partial charge in [-0.25, -0.2) is 0 Å². The van der Waals surface area contributed by atoms with Gasteiger partial charge in [-0.1, -0.05) is 81.4 Å². The topological polar surface area (TPSA) is 101 Å². The Kier molecular flexibility index (Phi) is 11.6. The van der Waals surface area contributed by atoms with Crippen LogP contribution in [0.5, 0.6) is 0 Å². The molecule has 3 rings (SSSR count). The second kappa shape index (κ2) is 14.5. The van der Waals surface area contributed by atoms with E-state index in [1.807, 2.05) is 60.7 Å². The van der Waals surface area contributed by atoms with Crippen LogP contribution in [-0.2, 0) is 46.2 Å². The summed E-state index contributed by atoms with van der Waals surface area (Å²) in [5.41, 5.74) is 1.87. The van der Waals surface area contributed by atoms with E-state index in [4.69, 9.17) is 23.4 Å². The molecule has 5 atom stereocenters. The number of aliphatic hydroxyl groups is 1. The maximum Gasteiger partial charge on any atom is 0.306 e.